The maximum Gasteiger partial charge on any atom is 0.0314 e. The Labute approximate surface area is 159 Å². The third-order valence-corrected chi connectivity index (χ3v) is 4.39. The van der Waals surface area contributed by atoms with Crippen LogP contribution in [-0.2, 0) is 5.41 Å². The van der Waals surface area contributed by atoms with E-state index in [4.69, 9.17) is 11.5 Å². The van der Waals surface area contributed by atoms with Gasteiger partial charge in [0.25, 0.3) is 0 Å². The second-order valence-corrected chi connectivity index (χ2v) is 7.92. The van der Waals surface area contributed by atoms with Crippen molar-refractivity contribution in [3.8, 4) is 11.1 Å². The van der Waals surface area contributed by atoms with Gasteiger partial charge in [0.15, 0.2) is 0 Å². The molecule has 0 aliphatic carbocycles. The van der Waals surface area contributed by atoms with Crippen LogP contribution in [0.25, 0.3) is 11.1 Å². The number of hydrogen-bond acceptors (Lipinski definition) is 2. The van der Waals surface area contributed by atoms with E-state index in [-0.39, 0.29) is 5.41 Å². The molecule has 0 aliphatic heterocycles. The van der Waals surface area contributed by atoms with E-state index < -0.39 is 0 Å². The first-order chi connectivity index (χ1) is 11.8. The van der Waals surface area contributed by atoms with Gasteiger partial charge in [0.05, 0.1) is 0 Å². The molecule has 0 aliphatic rings. The van der Waals surface area contributed by atoms with E-state index >= 15 is 0 Å². The third kappa shape index (κ3) is 5.95. The highest BCUT2D eigenvalue weighted by Gasteiger charge is 2.12. The average molecular weight is 397 g/mol. The van der Waals surface area contributed by atoms with Crippen LogP contribution in [0.3, 0.4) is 0 Å². The second kappa shape index (κ2) is 8.21. The Kier molecular flexibility index (Phi) is 6.27. The zero-order valence-corrected chi connectivity index (χ0v) is 16.5. The van der Waals surface area contributed by atoms with Crippen molar-refractivity contribution in [2.24, 2.45) is 0 Å². The molecule has 0 saturated heterocycles. The molecule has 4 N–H and O–H groups in total. The summed E-state index contributed by atoms with van der Waals surface area (Å²) in [6.45, 7) is 6.68. The predicted octanol–water partition coefficient (Wildman–Crippen LogP) is 6.26. The molecule has 130 valence electrons. The summed E-state index contributed by atoms with van der Waals surface area (Å²) >= 11 is 3.29. The van der Waals surface area contributed by atoms with Crippen LogP contribution < -0.4 is 11.5 Å². The molecule has 3 rings (SSSR count). The second-order valence-electron chi connectivity index (χ2n) is 7.00. The highest BCUT2D eigenvalue weighted by molar-refractivity contribution is 9.10. The summed E-state index contributed by atoms with van der Waals surface area (Å²) in [7, 11) is 0. The van der Waals surface area contributed by atoms with Gasteiger partial charge in [-0.1, -0.05) is 73.1 Å². The van der Waals surface area contributed by atoms with Gasteiger partial charge in [-0.2, -0.15) is 0 Å². The summed E-state index contributed by atoms with van der Waals surface area (Å²) in [5, 5.41) is 0. The Morgan fingerprint density at radius 1 is 0.600 bits per heavy atom. The first-order valence-electron chi connectivity index (χ1n) is 8.23. The largest absolute Gasteiger partial charge is 0.399 e. The van der Waals surface area contributed by atoms with Crippen LogP contribution in [-0.4, -0.2) is 0 Å². The van der Waals surface area contributed by atoms with Crippen molar-refractivity contribution < 1.29 is 0 Å². The van der Waals surface area contributed by atoms with Crippen LogP contribution >= 0.6 is 15.9 Å². The predicted molar refractivity (Wildman–Crippen MR) is 114 cm³/mol. The van der Waals surface area contributed by atoms with Crippen molar-refractivity contribution in [2.75, 3.05) is 11.5 Å². The molecule has 0 atom stereocenters. The van der Waals surface area contributed by atoms with Crippen molar-refractivity contribution in [2.45, 2.75) is 26.2 Å². The van der Waals surface area contributed by atoms with Crippen molar-refractivity contribution >= 4 is 27.3 Å². The van der Waals surface area contributed by atoms with Crippen LogP contribution in [0.5, 0.6) is 0 Å². The molecule has 25 heavy (non-hydrogen) atoms. The molecule has 0 saturated carbocycles. The monoisotopic (exact) mass is 396 g/mol. The van der Waals surface area contributed by atoms with E-state index in [9.17, 15) is 0 Å². The number of nitrogens with two attached hydrogens (primary N) is 2. The standard InChI is InChI=1S/C16H19N.C6H6BrN/c1-16(2,3)14-8-4-12(5-9-14)13-6-10-15(17)11-7-13;7-5-1-3-6(8)4-2-5/h4-11H,17H2,1-3H3;1-4H,8H2. The van der Waals surface area contributed by atoms with Gasteiger partial charge >= 0.3 is 0 Å². The number of anilines is 2. The van der Waals surface area contributed by atoms with Crippen molar-refractivity contribution in [1.29, 1.82) is 0 Å². The van der Waals surface area contributed by atoms with E-state index in [0.717, 1.165) is 15.8 Å². The Balaban J connectivity index is 0.000000236. The molecule has 0 unspecified atom stereocenters. The lowest BCUT2D eigenvalue weighted by atomic mass is 9.86. The number of benzene rings is 3. The third-order valence-electron chi connectivity index (χ3n) is 3.86. The van der Waals surface area contributed by atoms with E-state index in [1.807, 2.05) is 36.4 Å². The molecule has 0 bridgehead atoms. The van der Waals surface area contributed by atoms with E-state index in [1.54, 1.807) is 0 Å². The van der Waals surface area contributed by atoms with Gasteiger partial charge < -0.3 is 11.5 Å². The van der Waals surface area contributed by atoms with Crippen molar-refractivity contribution in [3.63, 3.8) is 0 Å². The zero-order chi connectivity index (χ0) is 18.4. The molecule has 3 heteroatoms. The lowest BCUT2D eigenvalue weighted by molar-refractivity contribution is 0.590. The molecule has 0 aromatic heterocycles. The summed E-state index contributed by atoms with van der Waals surface area (Å²) in [5.41, 5.74) is 16.7. The normalized spacial score (nSPS) is 10.7. The van der Waals surface area contributed by atoms with Gasteiger partial charge in [-0.25, -0.2) is 0 Å². The Bertz CT molecular complexity index is 762. The lowest BCUT2D eigenvalue weighted by Gasteiger charge is -2.19. The van der Waals surface area contributed by atoms with Gasteiger partial charge in [-0.05, 0) is 58.5 Å². The molecular weight excluding hydrogens is 372 g/mol. The van der Waals surface area contributed by atoms with Crippen molar-refractivity contribution in [1.82, 2.24) is 0 Å². The molecule has 3 aromatic rings. The number of nitrogen functional groups attached to an aromatic ring is 2. The van der Waals surface area contributed by atoms with Gasteiger partial charge in [0.1, 0.15) is 0 Å². The smallest absolute Gasteiger partial charge is 0.0314 e. The summed E-state index contributed by atoms with van der Waals surface area (Å²) in [6.07, 6.45) is 0. The topological polar surface area (TPSA) is 52.0 Å². The Morgan fingerprint density at radius 2 is 0.960 bits per heavy atom. The zero-order valence-electron chi connectivity index (χ0n) is 15.0. The summed E-state index contributed by atoms with van der Waals surface area (Å²) < 4.78 is 1.06. The highest BCUT2D eigenvalue weighted by atomic mass is 79.9. The molecule has 0 radical (unpaired) electrons. The average Bonchev–Trinajstić information content (AvgIpc) is 2.58. The number of rotatable bonds is 1. The number of halogens is 1. The minimum atomic E-state index is 0.208. The van der Waals surface area contributed by atoms with Gasteiger partial charge in [0.2, 0.25) is 0 Å². The summed E-state index contributed by atoms with van der Waals surface area (Å²) in [6, 6.07) is 24.3. The van der Waals surface area contributed by atoms with Gasteiger partial charge in [-0.15, -0.1) is 0 Å². The van der Waals surface area contributed by atoms with Gasteiger partial charge in [0, 0.05) is 15.8 Å². The fourth-order valence-corrected chi connectivity index (χ4v) is 2.57. The van der Waals surface area contributed by atoms with Crippen LogP contribution in [0.2, 0.25) is 0 Å². The maximum absolute atomic E-state index is 5.69. The molecule has 0 fully saturated rings. The first-order valence-corrected chi connectivity index (χ1v) is 9.02. The van der Waals surface area contributed by atoms with Crippen LogP contribution in [0, 0.1) is 0 Å². The quantitative estimate of drug-likeness (QED) is 0.476. The van der Waals surface area contributed by atoms with E-state index in [1.165, 1.54) is 16.7 Å². The fraction of sp³-hybridized carbons (Fsp3) is 0.182. The Morgan fingerprint density at radius 3 is 1.32 bits per heavy atom. The molecule has 3 aromatic carbocycles. The molecule has 2 nitrogen and oxygen atoms in total. The van der Waals surface area contributed by atoms with Gasteiger partial charge in [-0.3, -0.25) is 0 Å². The van der Waals surface area contributed by atoms with Crippen LogP contribution in [0.4, 0.5) is 11.4 Å². The summed E-state index contributed by atoms with van der Waals surface area (Å²) in [4.78, 5) is 0. The minimum Gasteiger partial charge on any atom is -0.399 e. The Hall–Kier alpha value is -2.26. The number of hydrogen-bond donors (Lipinski definition) is 2. The fourth-order valence-electron chi connectivity index (χ4n) is 2.30. The van der Waals surface area contributed by atoms with E-state index in [2.05, 4.69) is 73.1 Å². The molecular formula is C22H25BrN2. The highest BCUT2D eigenvalue weighted by Crippen LogP contribution is 2.26. The minimum absolute atomic E-state index is 0.208. The lowest BCUT2D eigenvalue weighted by Crippen LogP contribution is -2.10. The maximum atomic E-state index is 5.69. The molecule has 0 heterocycles. The molecule has 0 amide bonds. The molecule has 0 spiro atoms. The summed E-state index contributed by atoms with van der Waals surface area (Å²) in [5.74, 6) is 0. The first kappa shape index (κ1) is 19.1. The van der Waals surface area contributed by atoms with Crippen LogP contribution in [0.1, 0.15) is 26.3 Å². The van der Waals surface area contributed by atoms with Crippen molar-refractivity contribution in [3.05, 3.63) is 82.8 Å². The van der Waals surface area contributed by atoms with Crippen LogP contribution in [0.15, 0.2) is 77.3 Å². The van der Waals surface area contributed by atoms with E-state index in [0.29, 0.717) is 0 Å². The SMILES string of the molecule is CC(C)(C)c1ccc(-c2ccc(N)cc2)cc1.Nc1ccc(Br)cc1.